The molecule has 2 aromatic heterocycles. The SMILES string of the molecule is CCS(=O)(=O)N(C)c1ccc2c(c1)nc(C(C)(F)F)n2CC1CCOCC1.CNc1ccc2c(c1)nc(C(C)(F)F)n2CC1CCOCC1. The molecule has 1 N–H and O–H groups in total. The minimum absolute atomic E-state index is 0.0436. The second-order valence-electron chi connectivity index (χ2n) is 13.0. The van der Waals surface area contributed by atoms with Crippen LogP contribution < -0.4 is 9.62 Å². The van der Waals surface area contributed by atoms with Gasteiger partial charge in [-0.25, -0.2) is 18.4 Å². The van der Waals surface area contributed by atoms with Crippen LogP contribution in [-0.2, 0) is 44.4 Å². The van der Waals surface area contributed by atoms with Crippen LogP contribution >= 0.6 is 0 Å². The second-order valence-corrected chi connectivity index (χ2v) is 15.3. The molecular weight excluding hydrogens is 664 g/mol. The first-order chi connectivity index (χ1) is 23.1. The van der Waals surface area contributed by atoms with Crippen LogP contribution in [0.15, 0.2) is 36.4 Å². The van der Waals surface area contributed by atoms with E-state index < -0.39 is 21.9 Å². The van der Waals surface area contributed by atoms with Gasteiger partial charge in [-0.15, -0.1) is 0 Å². The highest BCUT2D eigenvalue weighted by atomic mass is 32.2. The lowest BCUT2D eigenvalue weighted by atomic mass is 10.00. The van der Waals surface area contributed by atoms with Gasteiger partial charge in [0.15, 0.2) is 11.6 Å². The molecule has 4 heterocycles. The Bertz CT molecular complexity index is 1840. The molecule has 2 aliphatic heterocycles. The van der Waals surface area contributed by atoms with Crippen LogP contribution in [0.2, 0.25) is 0 Å². The lowest BCUT2D eigenvalue weighted by molar-refractivity contribution is 0.00156. The van der Waals surface area contributed by atoms with Crippen molar-refractivity contribution in [2.75, 3.05) is 55.9 Å². The summed E-state index contributed by atoms with van der Waals surface area (Å²) < 4.78 is 95.6. The molecule has 0 radical (unpaired) electrons. The maximum atomic E-state index is 14.2. The lowest BCUT2D eigenvalue weighted by Gasteiger charge is -2.24. The number of nitrogens with zero attached hydrogens (tertiary/aromatic N) is 5. The topological polar surface area (TPSA) is 104 Å². The van der Waals surface area contributed by atoms with Crippen molar-refractivity contribution in [3.8, 4) is 0 Å². The van der Waals surface area contributed by atoms with E-state index in [1.807, 2.05) is 18.2 Å². The number of fused-ring (bicyclic) bond motifs is 2. The van der Waals surface area contributed by atoms with Gasteiger partial charge in [0.1, 0.15) is 0 Å². The quantitative estimate of drug-likeness (QED) is 0.177. The van der Waals surface area contributed by atoms with Crippen molar-refractivity contribution in [1.82, 2.24) is 19.1 Å². The zero-order valence-electron chi connectivity index (χ0n) is 28.7. The number of alkyl halides is 4. The predicted octanol–water partition coefficient (Wildman–Crippen LogP) is 6.98. The van der Waals surface area contributed by atoms with E-state index in [1.54, 1.807) is 41.3 Å². The summed E-state index contributed by atoms with van der Waals surface area (Å²) in [7, 11) is -0.184. The Labute approximate surface area is 284 Å². The fraction of sp³-hybridized carbons (Fsp3) is 0.588. The molecule has 10 nitrogen and oxygen atoms in total. The van der Waals surface area contributed by atoms with Gasteiger partial charge in [0.25, 0.3) is 0 Å². The van der Waals surface area contributed by atoms with Crippen molar-refractivity contribution in [3.05, 3.63) is 48.0 Å². The average molecular weight is 711 g/mol. The molecule has 0 aliphatic carbocycles. The van der Waals surface area contributed by atoms with Gasteiger partial charge in [0.2, 0.25) is 10.0 Å². The van der Waals surface area contributed by atoms with Gasteiger partial charge < -0.3 is 23.9 Å². The lowest BCUT2D eigenvalue weighted by Crippen LogP contribution is -2.27. The Morgan fingerprint density at radius 2 is 1.27 bits per heavy atom. The summed E-state index contributed by atoms with van der Waals surface area (Å²) in [5, 5.41) is 3.01. The van der Waals surface area contributed by atoms with Crippen molar-refractivity contribution in [2.45, 2.75) is 71.4 Å². The molecule has 6 rings (SSSR count). The highest BCUT2D eigenvalue weighted by Gasteiger charge is 2.34. The first-order valence-electron chi connectivity index (χ1n) is 16.7. The van der Waals surface area contributed by atoms with Crippen LogP contribution in [0.25, 0.3) is 22.1 Å². The third kappa shape index (κ3) is 8.48. The van der Waals surface area contributed by atoms with Crippen molar-refractivity contribution in [2.24, 2.45) is 11.8 Å². The summed E-state index contributed by atoms with van der Waals surface area (Å²) in [6.45, 7) is 7.01. The number of aromatic nitrogens is 4. The summed E-state index contributed by atoms with van der Waals surface area (Å²) in [6, 6.07) is 10.4. The van der Waals surface area contributed by atoms with Crippen molar-refractivity contribution < 1.29 is 35.5 Å². The zero-order valence-corrected chi connectivity index (χ0v) is 29.5. The molecule has 0 atom stereocenters. The number of nitrogens with one attached hydrogen (secondary N) is 1. The first-order valence-corrected chi connectivity index (χ1v) is 18.3. The van der Waals surface area contributed by atoms with E-state index >= 15 is 0 Å². The zero-order chi connectivity index (χ0) is 35.6. The molecule has 49 heavy (non-hydrogen) atoms. The Kier molecular flexibility index (Phi) is 11.1. The molecule has 0 amide bonds. The minimum Gasteiger partial charge on any atom is -0.388 e. The van der Waals surface area contributed by atoms with E-state index in [-0.39, 0.29) is 23.3 Å². The number of rotatable bonds is 10. The first kappa shape index (κ1) is 36.8. The van der Waals surface area contributed by atoms with E-state index in [0.717, 1.165) is 55.0 Å². The highest BCUT2D eigenvalue weighted by Crippen LogP contribution is 2.34. The number of ether oxygens (including phenoxy) is 2. The molecule has 0 spiro atoms. The van der Waals surface area contributed by atoms with Gasteiger partial charge in [0, 0.05) is 73.1 Å². The van der Waals surface area contributed by atoms with Crippen LogP contribution in [0, 0.1) is 11.8 Å². The van der Waals surface area contributed by atoms with Gasteiger partial charge in [-0.05, 0) is 80.8 Å². The van der Waals surface area contributed by atoms with Crippen molar-refractivity contribution in [1.29, 1.82) is 0 Å². The van der Waals surface area contributed by atoms with E-state index in [0.29, 0.717) is 67.7 Å². The number of anilines is 2. The highest BCUT2D eigenvalue weighted by molar-refractivity contribution is 7.92. The third-order valence-corrected chi connectivity index (χ3v) is 11.0. The fourth-order valence-corrected chi connectivity index (χ4v) is 7.19. The van der Waals surface area contributed by atoms with Crippen LogP contribution in [0.3, 0.4) is 0 Å². The van der Waals surface area contributed by atoms with E-state index in [1.165, 1.54) is 7.05 Å². The number of halogens is 4. The summed E-state index contributed by atoms with van der Waals surface area (Å²) in [4.78, 5) is 8.36. The number of sulfonamides is 1. The molecule has 2 saturated heterocycles. The van der Waals surface area contributed by atoms with Crippen LogP contribution in [0.4, 0.5) is 28.9 Å². The van der Waals surface area contributed by atoms with E-state index in [9.17, 15) is 26.0 Å². The molecule has 2 aromatic carbocycles. The van der Waals surface area contributed by atoms with Crippen LogP contribution in [0.5, 0.6) is 0 Å². The normalized spacial score (nSPS) is 16.9. The van der Waals surface area contributed by atoms with Gasteiger partial charge in [-0.1, -0.05) is 0 Å². The molecular formula is C34H46F4N6O4S. The van der Waals surface area contributed by atoms with E-state index in [4.69, 9.17) is 9.47 Å². The molecule has 0 bridgehead atoms. The number of hydrogen-bond donors (Lipinski definition) is 1. The summed E-state index contributed by atoms with van der Waals surface area (Å²) in [5.41, 5.74) is 3.61. The van der Waals surface area contributed by atoms with Gasteiger partial charge in [-0.3, -0.25) is 4.31 Å². The average Bonchev–Trinajstić information content (AvgIpc) is 3.63. The molecule has 2 aliphatic rings. The minimum atomic E-state index is -3.44. The summed E-state index contributed by atoms with van der Waals surface area (Å²) in [5.74, 6) is -5.92. The standard InChI is InChI=1S/C18H25F2N3O3S.C16H21F2N3O/c1-4-27(24,25)22(3)14-5-6-16-15(11-14)21-17(18(2,19)20)23(16)12-13-7-9-26-10-8-13;1-16(17,18)15-20-13-9-12(19-2)3-4-14(13)21(15)10-11-5-7-22-8-6-11/h5-6,11,13H,4,7-10,12H2,1-3H3;3-4,9,11,19H,5-8,10H2,1-2H3. The summed E-state index contributed by atoms with van der Waals surface area (Å²) in [6.07, 6.45) is 3.46. The van der Waals surface area contributed by atoms with E-state index in [2.05, 4.69) is 15.3 Å². The number of hydrogen-bond acceptors (Lipinski definition) is 7. The molecule has 270 valence electrons. The monoisotopic (exact) mass is 710 g/mol. The van der Waals surface area contributed by atoms with Crippen molar-refractivity contribution in [3.63, 3.8) is 0 Å². The number of imidazole rings is 2. The van der Waals surface area contributed by atoms with Gasteiger partial charge in [0.05, 0.1) is 33.5 Å². The Hall–Kier alpha value is -3.43. The van der Waals surface area contributed by atoms with Gasteiger partial charge >= 0.3 is 11.8 Å². The summed E-state index contributed by atoms with van der Waals surface area (Å²) >= 11 is 0. The maximum Gasteiger partial charge on any atom is 0.302 e. The molecule has 0 saturated carbocycles. The Morgan fingerprint density at radius 1 is 0.816 bits per heavy atom. The smallest absolute Gasteiger partial charge is 0.302 e. The van der Waals surface area contributed by atoms with Crippen LogP contribution in [0.1, 0.15) is 58.1 Å². The molecule has 2 fully saturated rings. The molecule has 4 aromatic rings. The number of benzene rings is 2. The van der Waals surface area contributed by atoms with Crippen LogP contribution in [-0.4, -0.2) is 73.8 Å². The Morgan fingerprint density at radius 3 is 1.69 bits per heavy atom. The largest absolute Gasteiger partial charge is 0.388 e. The third-order valence-electron chi connectivity index (χ3n) is 9.26. The maximum absolute atomic E-state index is 14.2. The Balaban J connectivity index is 0.000000195. The molecule has 0 unspecified atom stereocenters. The predicted molar refractivity (Wildman–Crippen MR) is 183 cm³/mol. The molecule has 15 heteroatoms. The van der Waals surface area contributed by atoms with Crippen molar-refractivity contribution >= 4 is 43.5 Å². The van der Waals surface area contributed by atoms with Gasteiger partial charge in [-0.2, -0.15) is 17.6 Å². The second kappa shape index (κ2) is 14.8. The fourth-order valence-electron chi connectivity index (χ4n) is 6.37.